The largest absolute Gasteiger partial charge is 0.493 e. The Kier molecular flexibility index (Phi) is 7.77. The number of nitro benzene ring substituents is 1. The molecule has 1 fully saturated rings. The van der Waals surface area contributed by atoms with Crippen molar-refractivity contribution < 1.29 is 33.8 Å². The first kappa shape index (κ1) is 22.4. The first-order valence-corrected chi connectivity index (χ1v) is 9.40. The number of esters is 1. The van der Waals surface area contributed by atoms with Crippen LogP contribution in [0.3, 0.4) is 0 Å². The van der Waals surface area contributed by atoms with Crippen LogP contribution >= 0.6 is 0 Å². The number of carbonyl (C=O) groups is 2. The van der Waals surface area contributed by atoms with Crippen LogP contribution in [0.1, 0.15) is 43.0 Å². The lowest BCUT2D eigenvalue weighted by molar-refractivity contribution is -0.385. The van der Waals surface area contributed by atoms with Gasteiger partial charge in [0.05, 0.1) is 37.9 Å². The second-order valence-electron chi connectivity index (χ2n) is 6.70. The minimum absolute atomic E-state index is 0.00155. The Morgan fingerprint density at radius 2 is 2.03 bits per heavy atom. The van der Waals surface area contributed by atoms with Crippen LogP contribution in [0.25, 0.3) is 0 Å². The van der Waals surface area contributed by atoms with Gasteiger partial charge in [-0.25, -0.2) is 4.79 Å². The Morgan fingerprint density at radius 3 is 2.62 bits per heavy atom. The predicted molar refractivity (Wildman–Crippen MR) is 102 cm³/mol. The third kappa shape index (κ3) is 5.14. The van der Waals surface area contributed by atoms with Crippen molar-refractivity contribution in [3.63, 3.8) is 0 Å². The van der Waals surface area contributed by atoms with Crippen LogP contribution in [0.2, 0.25) is 0 Å². The van der Waals surface area contributed by atoms with Gasteiger partial charge in [-0.05, 0) is 12.8 Å². The van der Waals surface area contributed by atoms with Gasteiger partial charge < -0.3 is 24.2 Å². The lowest BCUT2D eigenvalue weighted by Crippen LogP contribution is -2.51. The van der Waals surface area contributed by atoms with Gasteiger partial charge in [0, 0.05) is 19.0 Å². The molecule has 1 aromatic carbocycles. The molecule has 1 heterocycles. The summed E-state index contributed by atoms with van der Waals surface area (Å²) in [5.41, 5.74) is -0.669. The summed E-state index contributed by atoms with van der Waals surface area (Å²) in [5.74, 6) is -1.05. The molecule has 2 rings (SSSR count). The molecule has 0 unspecified atom stereocenters. The number of aliphatic hydroxyl groups excluding tert-OH is 1. The zero-order chi connectivity index (χ0) is 21.6. The van der Waals surface area contributed by atoms with Gasteiger partial charge in [0.1, 0.15) is 11.6 Å². The fraction of sp³-hybridized carbons (Fsp3) is 0.579. The van der Waals surface area contributed by atoms with Gasteiger partial charge in [0.25, 0.3) is 11.6 Å². The molecule has 10 heteroatoms. The number of unbranched alkanes of at least 4 members (excludes halogenated alkanes) is 1. The highest BCUT2D eigenvalue weighted by Crippen LogP contribution is 2.36. The number of methoxy groups -OCH3 is 2. The van der Waals surface area contributed by atoms with Crippen LogP contribution in [-0.2, 0) is 9.53 Å². The number of nitro groups is 1. The topological polar surface area (TPSA) is 128 Å². The summed E-state index contributed by atoms with van der Waals surface area (Å²) in [6.45, 7) is 2.40. The Morgan fingerprint density at radius 1 is 1.31 bits per heavy atom. The van der Waals surface area contributed by atoms with Crippen LogP contribution in [0, 0.1) is 10.1 Å². The molecule has 0 radical (unpaired) electrons. The highest BCUT2D eigenvalue weighted by atomic mass is 16.6. The Bertz CT molecular complexity index is 767. The van der Waals surface area contributed by atoms with E-state index in [1.807, 2.05) is 6.92 Å². The zero-order valence-electron chi connectivity index (χ0n) is 16.8. The summed E-state index contributed by atoms with van der Waals surface area (Å²) in [5, 5.41) is 21.5. The molecule has 160 valence electrons. The maximum absolute atomic E-state index is 13.1. The number of likely N-dealkylation sites (tertiary alicyclic amines) is 1. The molecule has 0 spiro atoms. The highest BCUT2D eigenvalue weighted by Gasteiger charge is 2.39. The van der Waals surface area contributed by atoms with Gasteiger partial charge in [-0.1, -0.05) is 13.3 Å². The van der Waals surface area contributed by atoms with Gasteiger partial charge >= 0.3 is 5.97 Å². The van der Waals surface area contributed by atoms with Crippen molar-refractivity contribution in [3.8, 4) is 11.5 Å². The molecule has 29 heavy (non-hydrogen) atoms. The van der Waals surface area contributed by atoms with Crippen molar-refractivity contribution in [1.29, 1.82) is 0 Å². The summed E-state index contributed by atoms with van der Waals surface area (Å²) in [7, 11) is 2.55. The third-order valence-corrected chi connectivity index (χ3v) is 4.77. The number of rotatable bonds is 8. The van der Waals surface area contributed by atoms with Crippen molar-refractivity contribution >= 4 is 17.6 Å². The number of hydrogen-bond donors (Lipinski definition) is 1. The Balaban J connectivity index is 2.44. The van der Waals surface area contributed by atoms with Crippen molar-refractivity contribution in [2.75, 3.05) is 27.4 Å². The van der Waals surface area contributed by atoms with Gasteiger partial charge in [-0.3, -0.25) is 14.9 Å². The molecule has 1 saturated heterocycles. The molecule has 1 aromatic rings. The molecule has 1 aliphatic rings. The van der Waals surface area contributed by atoms with Crippen LogP contribution < -0.4 is 9.47 Å². The number of carbonyl (C=O) groups excluding carboxylic acids is 2. The summed E-state index contributed by atoms with van der Waals surface area (Å²) in [6.07, 6.45) is 1.14. The number of nitrogens with zero attached hydrogens (tertiary/aromatic N) is 2. The van der Waals surface area contributed by atoms with E-state index in [0.29, 0.717) is 6.61 Å². The van der Waals surface area contributed by atoms with E-state index in [1.165, 1.54) is 25.2 Å². The maximum atomic E-state index is 13.1. The normalized spacial score (nSPS) is 18.8. The van der Waals surface area contributed by atoms with E-state index in [4.69, 9.17) is 14.2 Å². The highest BCUT2D eigenvalue weighted by molar-refractivity contribution is 6.01. The monoisotopic (exact) mass is 410 g/mol. The predicted octanol–water partition coefficient (Wildman–Crippen LogP) is 1.92. The van der Waals surface area contributed by atoms with E-state index in [-0.39, 0.29) is 36.4 Å². The molecule has 0 bridgehead atoms. The SMILES string of the molecule is CCCCOc1cc([N+](=O)[O-])c(C(=O)N2CC[C@H](O)C[C@H]2C(=O)OC)cc1OC. The fourth-order valence-corrected chi connectivity index (χ4v) is 3.17. The van der Waals surface area contributed by atoms with Crippen LogP contribution in [0.4, 0.5) is 5.69 Å². The smallest absolute Gasteiger partial charge is 0.328 e. The number of benzene rings is 1. The van der Waals surface area contributed by atoms with E-state index < -0.39 is 34.6 Å². The second kappa shape index (κ2) is 10.1. The Hall–Kier alpha value is -2.88. The number of amides is 1. The molecule has 1 amide bonds. The van der Waals surface area contributed by atoms with E-state index >= 15 is 0 Å². The van der Waals surface area contributed by atoms with Crippen molar-refractivity contribution in [1.82, 2.24) is 4.90 Å². The summed E-state index contributed by atoms with van der Waals surface area (Å²) < 4.78 is 15.5. The molecular weight excluding hydrogens is 384 g/mol. The Labute approximate surface area is 168 Å². The number of aliphatic hydroxyl groups is 1. The summed E-state index contributed by atoms with van der Waals surface area (Å²) >= 11 is 0. The van der Waals surface area contributed by atoms with Gasteiger partial charge in [-0.2, -0.15) is 0 Å². The van der Waals surface area contributed by atoms with Gasteiger partial charge in [0.2, 0.25) is 0 Å². The first-order valence-electron chi connectivity index (χ1n) is 9.40. The van der Waals surface area contributed by atoms with Crippen molar-refractivity contribution in [3.05, 3.63) is 27.8 Å². The number of piperidine rings is 1. The lowest BCUT2D eigenvalue weighted by Gasteiger charge is -2.36. The van der Waals surface area contributed by atoms with E-state index in [2.05, 4.69) is 0 Å². The quantitative estimate of drug-likeness (QED) is 0.298. The van der Waals surface area contributed by atoms with E-state index in [0.717, 1.165) is 18.9 Å². The fourth-order valence-electron chi connectivity index (χ4n) is 3.17. The minimum atomic E-state index is -1.03. The molecule has 1 N–H and O–H groups in total. The second-order valence-corrected chi connectivity index (χ2v) is 6.70. The van der Waals surface area contributed by atoms with Gasteiger partial charge in [-0.15, -0.1) is 0 Å². The molecule has 0 saturated carbocycles. The molecule has 10 nitrogen and oxygen atoms in total. The lowest BCUT2D eigenvalue weighted by atomic mass is 9.98. The zero-order valence-corrected chi connectivity index (χ0v) is 16.8. The third-order valence-electron chi connectivity index (χ3n) is 4.77. The average molecular weight is 410 g/mol. The minimum Gasteiger partial charge on any atom is -0.493 e. The van der Waals surface area contributed by atoms with Crippen LogP contribution in [0.5, 0.6) is 11.5 Å². The summed E-state index contributed by atoms with van der Waals surface area (Å²) in [4.78, 5) is 37.4. The van der Waals surface area contributed by atoms with Crippen molar-refractivity contribution in [2.24, 2.45) is 0 Å². The molecule has 1 aliphatic heterocycles. The van der Waals surface area contributed by atoms with Crippen LogP contribution in [0.15, 0.2) is 12.1 Å². The van der Waals surface area contributed by atoms with Crippen molar-refractivity contribution in [2.45, 2.75) is 44.8 Å². The molecule has 0 aromatic heterocycles. The molecular formula is C19H26N2O8. The average Bonchev–Trinajstić information content (AvgIpc) is 2.72. The van der Waals surface area contributed by atoms with E-state index in [9.17, 15) is 24.8 Å². The number of hydrogen-bond acceptors (Lipinski definition) is 8. The standard InChI is InChI=1S/C19H26N2O8/c1-4-5-8-29-17-11-14(21(25)26)13(10-16(17)27-2)18(23)20-7-6-12(22)9-15(20)19(24)28-3/h10-12,15,22H,4-9H2,1-3H3/t12-,15-/m0/s1. The molecule has 2 atom stereocenters. The number of ether oxygens (including phenoxy) is 3. The molecule has 0 aliphatic carbocycles. The van der Waals surface area contributed by atoms with Crippen LogP contribution in [-0.4, -0.2) is 66.3 Å². The van der Waals surface area contributed by atoms with Gasteiger partial charge in [0.15, 0.2) is 11.5 Å². The van der Waals surface area contributed by atoms with E-state index in [1.54, 1.807) is 0 Å². The maximum Gasteiger partial charge on any atom is 0.328 e. The first-order chi connectivity index (χ1) is 13.8. The summed E-state index contributed by atoms with van der Waals surface area (Å²) in [6, 6.07) is 1.39.